The van der Waals surface area contributed by atoms with E-state index in [0.29, 0.717) is 6.54 Å². The van der Waals surface area contributed by atoms with Crippen LogP contribution in [0.1, 0.15) is 38.3 Å². The number of nitrogens with one attached hydrogen (secondary N) is 1. The molecule has 1 aromatic heterocycles. The Morgan fingerprint density at radius 3 is 2.76 bits per heavy atom. The maximum Gasteiger partial charge on any atom is 0.389 e. The van der Waals surface area contributed by atoms with Gasteiger partial charge >= 0.3 is 6.18 Å². The van der Waals surface area contributed by atoms with Crippen molar-refractivity contribution >= 4 is 0 Å². The summed E-state index contributed by atoms with van der Waals surface area (Å²) in [4.78, 5) is 0. The van der Waals surface area contributed by atoms with Crippen molar-refractivity contribution in [2.24, 2.45) is 0 Å². The Morgan fingerprint density at radius 1 is 1.47 bits per heavy atom. The third-order valence-electron chi connectivity index (χ3n) is 2.51. The number of halogens is 3. The van der Waals surface area contributed by atoms with Gasteiger partial charge in [-0.3, -0.25) is 4.68 Å². The summed E-state index contributed by atoms with van der Waals surface area (Å²) in [5, 5.41) is 7.27. The lowest BCUT2D eigenvalue weighted by atomic mass is 10.2. The van der Waals surface area contributed by atoms with Gasteiger partial charge in [-0.1, -0.05) is 6.92 Å². The van der Waals surface area contributed by atoms with Crippen LogP contribution >= 0.6 is 0 Å². The molecule has 0 amide bonds. The molecular weight excluding hydrogens is 231 g/mol. The Kier molecular flexibility index (Phi) is 4.99. The molecule has 1 heterocycles. The quantitative estimate of drug-likeness (QED) is 0.840. The van der Waals surface area contributed by atoms with Crippen molar-refractivity contribution in [3.63, 3.8) is 0 Å². The summed E-state index contributed by atoms with van der Waals surface area (Å²) >= 11 is 0. The van der Waals surface area contributed by atoms with E-state index in [1.807, 2.05) is 13.8 Å². The molecule has 0 radical (unpaired) electrons. The van der Waals surface area contributed by atoms with Gasteiger partial charge in [0, 0.05) is 30.8 Å². The topological polar surface area (TPSA) is 29.9 Å². The smallest absolute Gasteiger partial charge is 0.310 e. The van der Waals surface area contributed by atoms with Crippen LogP contribution in [-0.4, -0.2) is 22.5 Å². The molecule has 0 aliphatic heterocycles. The van der Waals surface area contributed by atoms with Crippen LogP contribution in [0.4, 0.5) is 13.2 Å². The fraction of sp³-hybridized carbons (Fsp3) is 0.727. The summed E-state index contributed by atoms with van der Waals surface area (Å²) in [5.74, 6) is 0. The van der Waals surface area contributed by atoms with Crippen LogP contribution in [0, 0.1) is 0 Å². The first-order valence-corrected chi connectivity index (χ1v) is 5.75. The number of hydrogen-bond acceptors (Lipinski definition) is 2. The van der Waals surface area contributed by atoms with E-state index in [4.69, 9.17) is 0 Å². The van der Waals surface area contributed by atoms with E-state index in [1.165, 1.54) is 0 Å². The largest absolute Gasteiger partial charge is 0.389 e. The summed E-state index contributed by atoms with van der Waals surface area (Å²) in [6.45, 7) is 5.16. The monoisotopic (exact) mass is 249 g/mol. The summed E-state index contributed by atoms with van der Waals surface area (Å²) in [6.07, 6.45) is -1.27. The lowest BCUT2D eigenvalue weighted by Crippen LogP contribution is -2.17. The molecule has 1 N–H and O–H groups in total. The first-order chi connectivity index (χ1) is 7.92. The molecule has 1 unspecified atom stereocenters. The van der Waals surface area contributed by atoms with Crippen molar-refractivity contribution in [2.45, 2.75) is 45.5 Å². The van der Waals surface area contributed by atoms with Gasteiger partial charge in [-0.25, -0.2) is 0 Å². The molecule has 1 rings (SSSR count). The molecule has 0 aromatic carbocycles. The first-order valence-electron chi connectivity index (χ1n) is 5.75. The fourth-order valence-corrected chi connectivity index (χ4v) is 1.59. The average molecular weight is 249 g/mol. The zero-order valence-corrected chi connectivity index (χ0v) is 10.1. The molecule has 0 saturated carbocycles. The molecule has 0 spiro atoms. The highest BCUT2D eigenvalue weighted by Crippen LogP contribution is 2.21. The van der Waals surface area contributed by atoms with Crippen LogP contribution in [0.5, 0.6) is 0 Å². The van der Waals surface area contributed by atoms with E-state index in [-0.39, 0.29) is 12.5 Å². The van der Waals surface area contributed by atoms with Crippen LogP contribution in [0.15, 0.2) is 12.4 Å². The number of nitrogens with zero attached hydrogens (tertiary/aromatic N) is 2. The highest BCUT2D eigenvalue weighted by atomic mass is 19.4. The van der Waals surface area contributed by atoms with Gasteiger partial charge in [-0.05, 0) is 19.9 Å². The number of hydrogen-bond donors (Lipinski definition) is 1. The van der Waals surface area contributed by atoms with E-state index in [0.717, 1.165) is 12.1 Å². The van der Waals surface area contributed by atoms with E-state index in [2.05, 4.69) is 10.4 Å². The van der Waals surface area contributed by atoms with Crippen LogP contribution in [0.2, 0.25) is 0 Å². The van der Waals surface area contributed by atoms with Crippen LogP contribution in [0.3, 0.4) is 0 Å². The second kappa shape index (κ2) is 6.05. The highest BCUT2D eigenvalue weighted by molar-refractivity contribution is 5.08. The van der Waals surface area contributed by atoms with Crippen molar-refractivity contribution in [3.8, 4) is 0 Å². The highest BCUT2D eigenvalue weighted by Gasteiger charge is 2.26. The molecular formula is C11H18F3N3. The molecule has 0 aliphatic rings. The molecule has 3 nitrogen and oxygen atoms in total. The van der Waals surface area contributed by atoms with E-state index >= 15 is 0 Å². The van der Waals surface area contributed by atoms with Gasteiger partial charge in [0.2, 0.25) is 0 Å². The Labute approximate surface area is 99.0 Å². The Hall–Kier alpha value is -1.04. The molecule has 1 aromatic rings. The van der Waals surface area contributed by atoms with Gasteiger partial charge < -0.3 is 5.32 Å². The summed E-state index contributed by atoms with van der Waals surface area (Å²) < 4.78 is 37.4. The predicted octanol–water partition coefficient (Wildman–Crippen LogP) is 2.90. The zero-order chi connectivity index (χ0) is 12.9. The van der Waals surface area contributed by atoms with Crippen molar-refractivity contribution in [1.29, 1.82) is 0 Å². The minimum absolute atomic E-state index is 0.0697. The number of aromatic nitrogens is 2. The summed E-state index contributed by atoms with van der Waals surface area (Å²) in [7, 11) is 0. The first kappa shape index (κ1) is 14.0. The van der Waals surface area contributed by atoms with E-state index in [1.54, 1.807) is 17.1 Å². The summed E-state index contributed by atoms with van der Waals surface area (Å²) in [6, 6.07) is 0.177. The van der Waals surface area contributed by atoms with Crippen molar-refractivity contribution in [1.82, 2.24) is 15.1 Å². The minimum atomic E-state index is -4.08. The van der Waals surface area contributed by atoms with Gasteiger partial charge in [0.25, 0.3) is 0 Å². The molecule has 17 heavy (non-hydrogen) atoms. The minimum Gasteiger partial charge on any atom is -0.310 e. The normalized spacial score (nSPS) is 13.9. The van der Waals surface area contributed by atoms with E-state index in [9.17, 15) is 13.2 Å². The van der Waals surface area contributed by atoms with Crippen LogP contribution in [0.25, 0.3) is 0 Å². The Balaban J connectivity index is 2.40. The third-order valence-corrected chi connectivity index (χ3v) is 2.51. The molecule has 6 heteroatoms. The van der Waals surface area contributed by atoms with Gasteiger partial charge in [-0.2, -0.15) is 18.3 Å². The second-order valence-electron chi connectivity index (χ2n) is 4.03. The number of alkyl halides is 3. The SMILES string of the molecule is CCNC(C)c1cnn(CCCC(F)(F)F)c1. The van der Waals surface area contributed by atoms with Crippen LogP contribution in [-0.2, 0) is 6.54 Å². The fourth-order valence-electron chi connectivity index (χ4n) is 1.59. The van der Waals surface area contributed by atoms with Crippen molar-refractivity contribution in [2.75, 3.05) is 6.54 Å². The van der Waals surface area contributed by atoms with Crippen molar-refractivity contribution < 1.29 is 13.2 Å². The molecule has 0 bridgehead atoms. The third kappa shape index (κ3) is 5.21. The van der Waals surface area contributed by atoms with Crippen LogP contribution < -0.4 is 5.32 Å². The van der Waals surface area contributed by atoms with Crippen molar-refractivity contribution in [3.05, 3.63) is 18.0 Å². The Morgan fingerprint density at radius 2 is 2.18 bits per heavy atom. The summed E-state index contributed by atoms with van der Waals surface area (Å²) in [5.41, 5.74) is 0.999. The lowest BCUT2D eigenvalue weighted by molar-refractivity contribution is -0.136. The lowest BCUT2D eigenvalue weighted by Gasteiger charge is -2.09. The average Bonchev–Trinajstić information content (AvgIpc) is 2.65. The molecule has 1 atom stereocenters. The zero-order valence-electron chi connectivity index (χ0n) is 10.1. The van der Waals surface area contributed by atoms with Gasteiger partial charge in [0.05, 0.1) is 6.20 Å². The molecule has 98 valence electrons. The van der Waals surface area contributed by atoms with Gasteiger partial charge in [0.15, 0.2) is 0 Å². The predicted molar refractivity (Wildman–Crippen MR) is 59.6 cm³/mol. The Bertz CT molecular complexity index is 333. The number of aryl methyl sites for hydroxylation is 1. The van der Waals surface area contributed by atoms with E-state index < -0.39 is 12.6 Å². The molecule has 0 saturated heterocycles. The standard InChI is InChI=1S/C11H18F3N3/c1-3-15-9(2)10-7-16-17(8-10)6-4-5-11(12,13)14/h7-9,15H,3-6H2,1-2H3. The van der Waals surface area contributed by atoms with Gasteiger partial charge in [0.1, 0.15) is 0 Å². The maximum atomic E-state index is 12.0. The second-order valence-corrected chi connectivity index (χ2v) is 4.03. The maximum absolute atomic E-state index is 12.0. The number of rotatable bonds is 6. The molecule has 0 aliphatic carbocycles. The molecule has 0 fully saturated rings. The van der Waals surface area contributed by atoms with Gasteiger partial charge in [-0.15, -0.1) is 0 Å².